The quantitative estimate of drug-likeness (QED) is 0.790. The number of pyridine rings is 1. The molecule has 1 aromatic rings. The number of rotatable bonds is 3. The Hall–Kier alpha value is -1.60. The Morgan fingerprint density at radius 1 is 1.17 bits per heavy atom. The maximum atomic E-state index is 12.2. The zero-order valence-electron chi connectivity index (χ0n) is 19.3. The van der Waals surface area contributed by atoms with Crippen LogP contribution in [0.2, 0.25) is 0 Å². The molecular weight excluding hydrogens is 365 g/mol. The molecule has 2 fully saturated rings. The van der Waals surface area contributed by atoms with Crippen molar-refractivity contribution in [1.82, 2.24) is 10.3 Å². The van der Waals surface area contributed by atoms with Gasteiger partial charge >= 0.3 is 7.12 Å². The van der Waals surface area contributed by atoms with Crippen LogP contribution in [0.4, 0.5) is 5.82 Å². The lowest BCUT2D eigenvalue weighted by Gasteiger charge is -2.34. The Balaban J connectivity index is 1.63. The average molecular weight is 401 g/mol. The molecule has 2 aliphatic heterocycles. The van der Waals surface area contributed by atoms with E-state index < -0.39 is 0 Å². The maximum Gasteiger partial charge on any atom is 0.496 e. The zero-order valence-corrected chi connectivity index (χ0v) is 19.3. The topological polar surface area (TPSA) is 63.7 Å². The Labute approximate surface area is 175 Å². The van der Waals surface area contributed by atoms with Crippen LogP contribution >= 0.6 is 0 Å². The number of piperidine rings is 1. The van der Waals surface area contributed by atoms with E-state index in [-0.39, 0.29) is 35.7 Å². The average Bonchev–Trinajstić information content (AvgIpc) is 2.82. The van der Waals surface area contributed by atoms with E-state index in [9.17, 15) is 4.79 Å². The van der Waals surface area contributed by atoms with E-state index in [1.807, 2.05) is 27.0 Å². The van der Waals surface area contributed by atoms with E-state index in [1.165, 1.54) is 0 Å². The zero-order chi connectivity index (χ0) is 21.6. The van der Waals surface area contributed by atoms with Gasteiger partial charge in [0.2, 0.25) is 5.91 Å². The number of anilines is 1. The highest BCUT2D eigenvalue weighted by atomic mass is 16.7. The lowest BCUT2D eigenvalue weighted by atomic mass is 9.77. The summed E-state index contributed by atoms with van der Waals surface area (Å²) in [6.07, 6.45) is 3.75. The van der Waals surface area contributed by atoms with Gasteiger partial charge in [0, 0.05) is 36.2 Å². The van der Waals surface area contributed by atoms with Gasteiger partial charge in [-0.25, -0.2) is 4.98 Å². The smallest absolute Gasteiger partial charge is 0.399 e. The molecule has 0 bridgehead atoms. The summed E-state index contributed by atoms with van der Waals surface area (Å²) < 4.78 is 12.4. The molecular formula is C22H36BN3O3. The van der Waals surface area contributed by atoms with Gasteiger partial charge in [0.15, 0.2) is 0 Å². The number of nitrogens with one attached hydrogen (secondary N) is 1. The van der Waals surface area contributed by atoms with Gasteiger partial charge in [0.05, 0.1) is 11.2 Å². The maximum absolute atomic E-state index is 12.2. The van der Waals surface area contributed by atoms with Gasteiger partial charge in [-0.05, 0) is 59.1 Å². The van der Waals surface area contributed by atoms with Crippen LogP contribution in [0.5, 0.6) is 0 Å². The van der Waals surface area contributed by atoms with E-state index in [2.05, 4.69) is 50.9 Å². The minimum atomic E-state index is -0.389. The van der Waals surface area contributed by atoms with Crippen LogP contribution in [0.15, 0.2) is 12.3 Å². The number of carbonyl (C=O) groups is 1. The standard InChI is InChI=1S/C22H36BN3O3/c1-15-13-18(24-14-17(15)23-28-21(5,6)22(7,8)29-23)26-11-9-16(10-12-26)25-19(27)20(2,3)4/h13-14,16H,9-12H2,1-8H3,(H,25,27). The minimum absolute atomic E-state index is 0.122. The number of aryl methyl sites for hydroxylation is 1. The molecule has 1 amide bonds. The summed E-state index contributed by atoms with van der Waals surface area (Å²) >= 11 is 0. The van der Waals surface area contributed by atoms with Crippen LogP contribution in [0.1, 0.15) is 66.9 Å². The number of carbonyl (C=O) groups excluding carboxylic acids is 1. The van der Waals surface area contributed by atoms with Crippen LogP contribution in [-0.4, -0.2) is 48.3 Å². The van der Waals surface area contributed by atoms with Crippen molar-refractivity contribution < 1.29 is 14.1 Å². The highest BCUT2D eigenvalue weighted by molar-refractivity contribution is 6.62. The summed E-state index contributed by atoms with van der Waals surface area (Å²) in [7, 11) is -0.389. The van der Waals surface area contributed by atoms with Crippen molar-refractivity contribution in [1.29, 1.82) is 0 Å². The Morgan fingerprint density at radius 2 is 1.72 bits per heavy atom. The number of aromatic nitrogens is 1. The van der Waals surface area contributed by atoms with Crippen LogP contribution in [0.25, 0.3) is 0 Å². The third-order valence-electron chi connectivity index (χ3n) is 6.48. The summed E-state index contributed by atoms with van der Waals surface area (Å²) in [5, 5.41) is 3.18. The molecule has 2 saturated heterocycles. The lowest BCUT2D eigenvalue weighted by molar-refractivity contribution is -0.129. The van der Waals surface area contributed by atoms with Crippen molar-refractivity contribution in [3.05, 3.63) is 17.8 Å². The van der Waals surface area contributed by atoms with Crippen molar-refractivity contribution in [2.45, 2.75) is 85.5 Å². The summed E-state index contributed by atoms with van der Waals surface area (Å²) in [5.41, 5.74) is 1.04. The van der Waals surface area contributed by atoms with Gasteiger partial charge in [0.1, 0.15) is 5.82 Å². The molecule has 3 heterocycles. The molecule has 29 heavy (non-hydrogen) atoms. The van der Waals surface area contributed by atoms with Crippen molar-refractivity contribution in [2.24, 2.45) is 5.41 Å². The second kappa shape index (κ2) is 7.58. The molecule has 0 aliphatic carbocycles. The Kier molecular flexibility index (Phi) is 5.78. The third-order valence-corrected chi connectivity index (χ3v) is 6.48. The highest BCUT2D eigenvalue weighted by Crippen LogP contribution is 2.36. The fraction of sp³-hybridized carbons (Fsp3) is 0.727. The van der Waals surface area contributed by atoms with Crippen LogP contribution in [0, 0.1) is 12.3 Å². The molecule has 160 valence electrons. The number of amides is 1. The Bertz CT molecular complexity index is 749. The molecule has 0 radical (unpaired) electrons. The van der Waals surface area contributed by atoms with Crippen molar-refractivity contribution in [3.8, 4) is 0 Å². The van der Waals surface area contributed by atoms with Crippen LogP contribution in [0.3, 0.4) is 0 Å². The van der Waals surface area contributed by atoms with Crippen molar-refractivity contribution in [2.75, 3.05) is 18.0 Å². The second-order valence-corrected chi connectivity index (χ2v) is 10.5. The molecule has 2 aliphatic rings. The first kappa shape index (κ1) is 22.1. The molecule has 0 unspecified atom stereocenters. The van der Waals surface area contributed by atoms with Crippen molar-refractivity contribution >= 4 is 24.3 Å². The van der Waals surface area contributed by atoms with E-state index in [1.54, 1.807) is 0 Å². The molecule has 7 heteroatoms. The van der Waals surface area contributed by atoms with Crippen molar-refractivity contribution in [3.63, 3.8) is 0 Å². The monoisotopic (exact) mass is 401 g/mol. The minimum Gasteiger partial charge on any atom is -0.399 e. The molecule has 0 atom stereocenters. The number of nitrogens with zero attached hydrogens (tertiary/aromatic N) is 2. The molecule has 6 nitrogen and oxygen atoms in total. The van der Waals surface area contributed by atoms with Gasteiger partial charge < -0.3 is 19.5 Å². The van der Waals surface area contributed by atoms with Gasteiger partial charge in [-0.1, -0.05) is 20.8 Å². The van der Waals surface area contributed by atoms with Gasteiger partial charge in [0.25, 0.3) is 0 Å². The fourth-order valence-electron chi connectivity index (χ4n) is 3.60. The fourth-order valence-corrected chi connectivity index (χ4v) is 3.60. The highest BCUT2D eigenvalue weighted by Gasteiger charge is 2.52. The summed E-state index contributed by atoms with van der Waals surface area (Å²) in [4.78, 5) is 19.2. The van der Waals surface area contributed by atoms with Crippen LogP contribution < -0.4 is 15.7 Å². The molecule has 1 aromatic heterocycles. The number of hydrogen-bond acceptors (Lipinski definition) is 5. The van der Waals surface area contributed by atoms with E-state index >= 15 is 0 Å². The van der Waals surface area contributed by atoms with E-state index in [0.29, 0.717) is 0 Å². The summed E-state index contributed by atoms with van der Waals surface area (Å²) in [6.45, 7) is 18.0. The first-order valence-corrected chi connectivity index (χ1v) is 10.7. The van der Waals surface area contributed by atoms with Gasteiger partial charge in [-0.3, -0.25) is 4.79 Å². The Morgan fingerprint density at radius 3 is 2.21 bits per heavy atom. The van der Waals surface area contributed by atoms with Gasteiger partial charge in [-0.15, -0.1) is 0 Å². The predicted molar refractivity (Wildman–Crippen MR) is 118 cm³/mol. The SMILES string of the molecule is Cc1cc(N2CCC(NC(=O)C(C)(C)C)CC2)ncc1B1OC(C)(C)C(C)(C)O1. The second-order valence-electron chi connectivity index (χ2n) is 10.5. The van der Waals surface area contributed by atoms with Gasteiger partial charge in [-0.2, -0.15) is 0 Å². The van der Waals surface area contributed by atoms with E-state index in [0.717, 1.165) is 42.8 Å². The summed E-state index contributed by atoms with van der Waals surface area (Å²) in [5.74, 6) is 1.10. The third kappa shape index (κ3) is 4.61. The first-order chi connectivity index (χ1) is 13.3. The first-order valence-electron chi connectivity index (χ1n) is 10.7. The van der Waals surface area contributed by atoms with E-state index in [4.69, 9.17) is 14.3 Å². The largest absolute Gasteiger partial charge is 0.496 e. The normalized spacial score (nSPS) is 22.1. The predicted octanol–water partition coefficient (Wildman–Crippen LogP) is 2.82. The number of hydrogen-bond donors (Lipinski definition) is 1. The molecule has 0 spiro atoms. The van der Waals surface area contributed by atoms with Crippen LogP contribution in [-0.2, 0) is 14.1 Å². The molecule has 3 rings (SSSR count). The molecule has 0 aromatic carbocycles. The summed E-state index contributed by atoms with van der Waals surface area (Å²) in [6, 6.07) is 2.36. The molecule has 1 N–H and O–H groups in total. The molecule has 0 saturated carbocycles. The lowest BCUT2D eigenvalue weighted by Crippen LogP contribution is -2.48.